The minimum Gasteiger partial charge on any atom is -0.378 e. The number of aromatic nitrogens is 2. The van der Waals surface area contributed by atoms with Gasteiger partial charge in [-0.25, -0.2) is 9.37 Å². The molecule has 10 heteroatoms. The number of fused-ring (bicyclic) bond motifs is 1. The average molecular weight is 513 g/mol. The molecule has 0 spiro atoms. The Morgan fingerprint density at radius 2 is 2.00 bits per heavy atom. The lowest BCUT2D eigenvalue weighted by atomic mass is 10.0. The standard InChI is InChI=1S/C26H33FN6O2S/c1-17-5-6-20(15-22(17)27)33(36)18(2)21-13-19(26(34)28-7-8-31(3)4)14-23-25(21)30-24(16-29-23)32-9-11-35-12-10-32/h5-6,13-16,18,36H,7-12H2,1-4H3,(H,28,34). The molecule has 192 valence electrons. The molecule has 4 rings (SSSR count). The van der Waals surface area contributed by atoms with Gasteiger partial charge in [-0.15, -0.1) is 0 Å². The van der Waals surface area contributed by atoms with Gasteiger partial charge in [-0.1, -0.05) is 18.9 Å². The van der Waals surface area contributed by atoms with Gasteiger partial charge in [-0.05, 0) is 57.8 Å². The highest BCUT2D eigenvalue weighted by molar-refractivity contribution is 7.81. The van der Waals surface area contributed by atoms with Crippen molar-refractivity contribution in [2.24, 2.45) is 0 Å². The Bertz CT molecular complexity index is 1230. The Kier molecular flexibility index (Phi) is 8.28. The summed E-state index contributed by atoms with van der Waals surface area (Å²) in [5, 5.41) is 2.97. The summed E-state index contributed by atoms with van der Waals surface area (Å²) in [5.74, 6) is 0.278. The fourth-order valence-corrected chi connectivity index (χ4v) is 4.35. The van der Waals surface area contributed by atoms with Gasteiger partial charge in [0, 0.05) is 37.3 Å². The number of nitrogens with zero attached hydrogens (tertiary/aromatic N) is 5. The zero-order valence-corrected chi connectivity index (χ0v) is 22.1. The van der Waals surface area contributed by atoms with E-state index in [1.807, 2.05) is 38.1 Å². The third-order valence-electron chi connectivity index (χ3n) is 6.34. The smallest absolute Gasteiger partial charge is 0.251 e. The fraction of sp³-hybridized carbons (Fsp3) is 0.423. The summed E-state index contributed by atoms with van der Waals surface area (Å²) < 4.78 is 21.5. The first-order valence-corrected chi connectivity index (χ1v) is 12.4. The SMILES string of the molecule is Cc1ccc(N(S)C(C)c2cc(C(=O)NCCN(C)C)cc3ncc(N4CCOCC4)nc23)cc1F. The number of hydrogen-bond donors (Lipinski definition) is 2. The molecule has 1 saturated heterocycles. The maximum Gasteiger partial charge on any atom is 0.251 e. The van der Waals surface area contributed by atoms with E-state index in [2.05, 4.69) is 15.2 Å². The molecule has 0 bridgehead atoms. The third-order valence-corrected chi connectivity index (χ3v) is 6.92. The van der Waals surface area contributed by atoms with Crippen LogP contribution in [0, 0.1) is 12.7 Å². The zero-order chi connectivity index (χ0) is 25.8. The van der Waals surface area contributed by atoms with Crippen molar-refractivity contribution in [3.05, 3.63) is 59.0 Å². The van der Waals surface area contributed by atoms with Gasteiger partial charge in [0.25, 0.3) is 5.91 Å². The Hall–Kier alpha value is -2.95. The molecule has 1 aliphatic heterocycles. The number of rotatable bonds is 8. The third kappa shape index (κ3) is 5.88. The van der Waals surface area contributed by atoms with Crippen molar-refractivity contribution in [3.8, 4) is 0 Å². The lowest BCUT2D eigenvalue weighted by molar-refractivity contribution is 0.0951. The van der Waals surface area contributed by atoms with E-state index < -0.39 is 0 Å². The second-order valence-electron chi connectivity index (χ2n) is 9.27. The van der Waals surface area contributed by atoms with Crippen LogP contribution >= 0.6 is 12.8 Å². The molecule has 0 aliphatic carbocycles. The monoisotopic (exact) mass is 512 g/mol. The molecule has 3 aromatic rings. The number of ether oxygens (including phenoxy) is 1. The molecule has 1 amide bonds. The lowest BCUT2D eigenvalue weighted by Crippen LogP contribution is -2.36. The van der Waals surface area contributed by atoms with Crippen molar-refractivity contribution >= 4 is 41.3 Å². The van der Waals surface area contributed by atoms with Gasteiger partial charge in [0.15, 0.2) is 0 Å². The minimum atomic E-state index is -0.332. The summed E-state index contributed by atoms with van der Waals surface area (Å²) in [6.07, 6.45) is 1.74. The van der Waals surface area contributed by atoms with Crippen molar-refractivity contribution in [1.29, 1.82) is 0 Å². The topological polar surface area (TPSA) is 73.8 Å². The number of amides is 1. The molecule has 0 radical (unpaired) electrons. The van der Waals surface area contributed by atoms with Crippen LogP contribution in [0.1, 0.15) is 34.5 Å². The van der Waals surface area contributed by atoms with E-state index in [9.17, 15) is 9.18 Å². The number of hydrogen-bond acceptors (Lipinski definition) is 8. The number of morpholine rings is 1. The van der Waals surface area contributed by atoms with Gasteiger partial charge in [0.2, 0.25) is 0 Å². The van der Waals surface area contributed by atoms with Gasteiger partial charge in [-0.3, -0.25) is 9.78 Å². The van der Waals surface area contributed by atoms with Crippen molar-refractivity contribution < 1.29 is 13.9 Å². The van der Waals surface area contributed by atoms with Crippen LogP contribution in [-0.4, -0.2) is 74.3 Å². The number of thiol groups is 1. The van der Waals surface area contributed by atoms with Crippen LogP contribution in [0.5, 0.6) is 0 Å². The fourth-order valence-electron chi connectivity index (χ4n) is 4.10. The van der Waals surface area contributed by atoms with E-state index >= 15 is 0 Å². The van der Waals surface area contributed by atoms with Gasteiger partial charge in [0.1, 0.15) is 11.6 Å². The molecular weight excluding hydrogens is 479 g/mol. The molecule has 1 aromatic heterocycles. The summed E-state index contributed by atoms with van der Waals surface area (Å²) in [6.45, 7) is 7.68. The van der Waals surface area contributed by atoms with E-state index in [1.165, 1.54) is 6.07 Å². The van der Waals surface area contributed by atoms with E-state index in [4.69, 9.17) is 22.5 Å². The van der Waals surface area contributed by atoms with Crippen LogP contribution in [-0.2, 0) is 4.74 Å². The molecule has 1 atom stereocenters. The van der Waals surface area contributed by atoms with E-state index in [0.717, 1.165) is 31.0 Å². The van der Waals surface area contributed by atoms with Crippen molar-refractivity contribution in [1.82, 2.24) is 20.2 Å². The number of benzene rings is 2. The molecule has 1 fully saturated rings. The van der Waals surface area contributed by atoms with Crippen LogP contribution in [0.15, 0.2) is 36.5 Å². The zero-order valence-electron chi connectivity index (χ0n) is 21.2. The Labute approximate surface area is 217 Å². The van der Waals surface area contributed by atoms with Crippen molar-refractivity contribution in [3.63, 3.8) is 0 Å². The van der Waals surface area contributed by atoms with Crippen LogP contribution in [0.3, 0.4) is 0 Å². The second-order valence-corrected chi connectivity index (χ2v) is 9.70. The summed E-state index contributed by atoms with van der Waals surface area (Å²) in [6, 6.07) is 8.28. The molecule has 2 aromatic carbocycles. The van der Waals surface area contributed by atoms with E-state index in [0.29, 0.717) is 47.6 Å². The molecule has 1 aliphatic rings. The molecule has 1 N–H and O–H groups in total. The number of anilines is 2. The first-order valence-electron chi connectivity index (χ1n) is 12.0. The quantitative estimate of drug-likeness (QED) is 0.447. The number of carbonyl (C=O) groups is 1. The summed E-state index contributed by atoms with van der Waals surface area (Å²) >= 11 is 4.71. The summed E-state index contributed by atoms with van der Waals surface area (Å²) in [7, 11) is 3.91. The van der Waals surface area contributed by atoms with Crippen LogP contribution in [0.25, 0.3) is 11.0 Å². The van der Waals surface area contributed by atoms with Crippen molar-refractivity contribution in [2.45, 2.75) is 19.9 Å². The van der Waals surface area contributed by atoms with Gasteiger partial charge in [-0.2, -0.15) is 0 Å². The summed E-state index contributed by atoms with van der Waals surface area (Å²) in [4.78, 5) is 26.8. The van der Waals surface area contributed by atoms with Crippen molar-refractivity contribution in [2.75, 3.05) is 62.7 Å². The summed E-state index contributed by atoms with van der Waals surface area (Å²) in [5.41, 5.74) is 3.75. The minimum absolute atomic E-state index is 0.182. The Morgan fingerprint density at radius 1 is 1.25 bits per heavy atom. The highest BCUT2D eigenvalue weighted by Crippen LogP contribution is 2.34. The second kappa shape index (κ2) is 11.4. The Morgan fingerprint density at radius 3 is 2.69 bits per heavy atom. The van der Waals surface area contributed by atoms with Crippen LogP contribution in [0.4, 0.5) is 15.9 Å². The first kappa shape index (κ1) is 26.1. The predicted molar refractivity (Wildman–Crippen MR) is 144 cm³/mol. The molecule has 36 heavy (non-hydrogen) atoms. The molecule has 0 saturated carbocycles. The number of halogens is 1. The van der Waals surface area contributed by atoms with Gasteiger partial charge >= 0.3 is 0 Å². The van der Waals surface area contributed by atoms with E-state index in [1.54, 1.807) is 29.6 Å². The van der Waals surface area contributed by atoms with Gasteiger partial charge < -0.3 is 24.2 Å². The van der Waals surface area contributed by atoms with E-state index in [-0.39, 0.29) is 17.8 Å². The lowest BCUT2D eigenvalue weighted by Gasteiger charge is -2.29. The van der Waals surface area contributed by atoms with Crippen LogP contribution in [0.2, 0.25) is 0 Å². The number of nitrogens with one attached hydrogen (secondary N) is 1. The maximum atomic E-state index is 14.3. The normalized spacial score (nSPS) is 14.8. The molecule has 1 unspecified atom stereocenters. The molecular formula is C26H33FN6O2S. The largest absolute Gasteiger partial charge is 0.378 e. The predicted octanol–water partition coefficient (Wildman–Crippen LogP) is 3.62. The average Bonchev–Trinajstić information content (AvgIpc) is 2.88. The Balaban J connectivity index is 1.74. The van der Waals surface area contributed by atoms with Crippen LogP contribution < -0.4 is 14.5 Å². The molecule has 2 heterocycles. The molecule has 8 nitrogen and oxygen atoms in total. The number of likely N-dealkylation sites (N-methyl/N-ethyl adjacent to an activating group) is 1. The highest BCUT2D eigenvalue weighted by Gasteiger charge is 2.22. The number of aryl methyl sites for hydroxylation is 1. The highest BCUT2D eigenvalue weighted by atomic mass is 32.1. The number of carbonyl (C=O) groups excluding carboxylic acids is 1. The van der Waals surface area contributed by atoms with Gasteiger partial charge in [0.05, 0.1) is 42.2 Å². The first-order chi connectivity index (χ1) is 17.2. The maximum absolute atomic E-state index is 14.3.